The molecule has 0 aliphatic heterocycles. The van der Waals surface area contributed by atoms with Crippen LogP contribution in [0.25, 0.3) is 0 Å². The maximum Gasteiger partial charge on any atom is 0.256 e. The van der Waals surface area contributed by atoms with Crippen LogP contribution in [-0.4, -0.2) is 25.0 Å². The number of thiophene rings is 1. The lowest BCUT2D eigenvalue weighted by Gasteiger charge is -2.16. The largest absolute Gasteiger partial charge is 0.497 e. The average molecular weight is 279 g/mol. The fraction of sp³-hybridized carbons (Fsp3) is 0.214. The molecule has 2 rings (SSSR count). The first-order valence-corrected chi connectivity index (χ1v) is 6.61. The van der Waals surface area contributed by atoms with Crippen molar-refractivity contribution < 1.29 is 13.9 Å². The zero-order chi connectivity index (χ0) is 13.8. The minimum atomic E-state index is -0.567. The van der Waals surface area contributed by atoms with Crippen LogP contribution in [0.4, 0.5) is 4.39 Å². The van der Waals surface area contributed by atoms with Gasteiger partial charge in [-0.05, 0) is 23.6 Å². The van der Waals surface area contributed by atoms with Crippen LogP contribution in [-0.2, 0) is 6.54 Å². The summed E-state index contributed by atoms with van der Waals surface area (Å²) >= 11 is 1.57. The maximum atomic E-state index is 13.8. The van der Waals surface area contributed by atoms with Gasteiger partial charge < -0.3 is 9.64 Å². The molecule has 2 aromatic rings. The van der Waals surface area contributed by atoms with Gasteiger partial charge in [-0.2, -0.15) is 0 Å². The lowest BCUT2D eigenvalue weighted by Crippen LogP contribution is -2.26. The van der Waals surface area contributed by atoms with Crippen LogP contribution < -0.4 is 4.74 Å². The van der Waals surface area contributed by atoms with E-state index in [4.69, 9.17) is 4.74 Å². The summed E-state index contributed by atoms with van der Waals surface area (Å²) in [5.74, 6) is -0.508. The molecule has 1 amide bonds. The van der Waals surface area contributed by atoms with Crippen molar-refractivity contribution in [1.82, 2.24) is 4.90 Å². The van der Waals surface area contributed by atoms with Gasteiger partial charge >= 0.3 is 0 Å². The number of hydrogen-bond donors (Lipinski definition) is 0. The number of methoxy groups -OCH3 is 1. The highest BCUT2D eigenvalue weighted by atomic mass is 32.1. The molecule has 1 aromatic carbocycles. The number of hydrogen-bond acceptors (Lipinski definition) is 3. The molecule has 0 saturated carbocycles. The summed E-state index contributed by atoms with van der Waals surface area (Å²) in [4.78, 5) is 14.7. The van der Waals surface area contributed by atoms with Crippen molar-refractivity contribution >= 4 is 17.2 Å². The Bertz CT molecular complexity index is 569. The molecule has 0 aliphatic rings. The number of halogens is 1. The third-order valence-electron chi connectivity index (χ3n) is 2.73. The third kappa shape index (κ3) is 3.12. The minimum Gasteiger partial charge on any atom is -0.497 e. The van der Waals surface area contributed by atoms with E-state index in [0.29, 0.717) is 12.3 Å². The Morgan fingerprint density at radius 1 is 1.42 bits per heavy atom. The molecular formula is C14H14FNO2S. The van der Waals surface area contributed by atoms with E-state index < -0.39 is 5.82 Å². The molecule has 0 fully saturated rings. The van der Waals surface area contributed by atoms with Crippen LogP contribution in [0.1, 0.15) is 15.2 Å². The van der Waals surface area contributed by atoms with Crippen LogP contribution in [0.3, 0.4) is 0 Å². The Morgan fingerprint density at radius 2 is 2.21 bits per heavy atom. The maximum absolute atomic E-state index is 13.8. The number of ether oxygens (including phenoxy) is 1. The molecule has 0 N–H and O–H groups in total. The molecule has 100 valence electrons. The summed E-state index contributed by atoms with van der Waals surface area (Å²) in [7, 11) is 3.12. The van der Waals surface area contributed by atoms with Gasteiger partial charge in [0.2, 0.25) is 0 Å². The smallest absolute Gasteiger partial charge is 0.256 e. The van der Waals surface area contributed by atoms with E-state index in [1.54, 1.807) is 24.5 Å². The van der Waals surface area contributed by atoms with Crippen molar-refractivity contribution in [3.8, 4) is 5.75 Å². The van der Waals surface area contributed by atoms with Crippen LogP contribution in [0, 0.1) is 5.82 Å². The monoisotopic (exact) mass is 279 g/mol. The second-order valence-electron chi connectivity index (χ2n) is 4.09. The van der Waals surface area contributed by atoms with Gasteiger partial charge in [0.05, 0.1) is 19.2 Å². The SMILES string of the molecule is COc1ccc(C(=O)N(C)Cc2cccs2)c(F)c1. The quantitative estimate of drug-likeness (QED) is 0.860. The summed E-state index contributed by atoms with van der Waals surface area (Å²) in [6, 6.07) is 8.11. The second kappa shape index (κ2) is 5.84. The Balaban J connectivity index is 2.14. The highest BCUT2D eigenvalue weighted by Gasteiger charge is 2.17. The van der Waals surface area contributed by atoms with Crippen LogP contribution in [0.2, 0.25) is 0 Å². The van der Waals surface area contributed by atoms with Crippen LogP contribution in [0.15, 0.2) is 35.7 Å². The molecule has 0 aliphatic carbocycles. The van der Waals surface area contributed by atoms with Crippen molar-refractivity contribution in [3.63, 3.8) is 0 Å². The van der Waals surface area contributed by atoms with E-state index in [0.717, 1.165) is 4.88 Å². The number of carbonyl (C=O) groups is 1. The number of carbonyl (C=O) groups excluding carboxylic acids is 1. The van der Waals surface area contributed by atoms with Gasteiger partial charge in [-0.25, -0.2) is 4.39 Å². The first-order chi connectivity index (χ1) is 9.11. The summed E-state index contributed by atoms with van der Waals surface area (Å²) in [6.45, 7) is 0.474. The number of benzene rings is 1. The number of rotatable bonds is 4. The third-order valence-corrected chi connectivity index (χ3v) is 3.59. The number of amides is 1. The zero-order valence-corrected chi connectivity index (χ0v) is 11.5. The van der Waals surface area contributed by atoms with Crippen molar-refractivity contribution in [1.29, 1.82) is 0 Å². The normalized spacial score (nSPS) is 10.3. The topological polar surface area (TPSA) is 29.5 Å². The molecule has 0 radical (unpaired) electrons. The molecule has 0 spiro atoms. The molecule has 0 unspecified atom stereocenters. The van der Waals surface area contributed by atoms with Crippen molar-refractivity contribution in [3.05, 3.63) is 52.0 Å². The van der Waals surface area contributed by atoms with Gasteiger partial charge in [0.25, 0.3) is 5.91 Å². The van der Waals surface area contributed by atoms with Gasteiger partial charge in [0.1, 0.15) is 11.6 Å². The Hall–Kier alpha value is -1.88. The van der Waals surface area contributed by atoms with Crippen molar-refractivity contribution in [2.75, 3.05) is 14.2 Å². The molecule has 5 heteroatoms. The lowest BCUT2D eigenvalue weighted by atomic mass is 10.1. The fourth-order valence-electron chi connectivity index (χ4n) is 1.71. The first-order valence-electron chi connectivity index (χ1n) is 5.73. The molecule has 0 saturated heterocycles. The summed E-state index contributed by atoms with van der Waals surface area (Å²) < 4.78 is 18.7. The Labute approximate surface area is 115 Å². The van der Waals surface area contributed by atoms with Gasteiger partial charge in [-0.15, -0.1) is 11.3 Å². The van der Waals surface area contributed by atoms with Gasteiger partial charge in [0, 0.05) is 18.0 Å². The minimum absolute atomic E-state index is 0.0554. The van der Waals surface area contributed by atoms with Gasteiger partial charge in [-0.1, -0.05) is 6.07 Å². The van der Waals surface area contributed by atoms with Gasteiger partial charge in [0.15, 0.2) is 0 Å². The fourth-order valence-corrected chi connectivity index (χ4v) is 2.47. The standard InChI is InChI=1S/C14H14FNO2S/c1-16(9-11-4-3-7-19-11)14(17)12-6-5-10(18-2)8-13(12)15/h3-8H,9H2,1-2H3. The van der Waals surface area contributed by atoms with E-state index in [1.807, 2.05) is 17.5 Å². The highest BCUT2D eigenvalue weighted by Crippen LogP contribution is 2.19. The van der Waals surface area contributed by atoms with E-state index in [1.165, 1.54) is 24.1 Å². The van der Waals surface area contributed by atoms with Crippen LogP contribution in [0.5, 0.6) is 5.75 Å². The molecule has 1 aromatic heterocycles. The molecule has 0 bridgehead atoms. The molecular weight excluding hydrogens is 265 g/mol. The number of nitrogens with zero attached hydrogens (tertiary/aromatic N) is 1. The Morgan fingerprint density at radius 3 is 2.79 bits per heavy atom. The predicted octanol–water partition coefficient (Wildman–Crippen LogP) is 3.17. The zero-order valence-electron chi connectivity index (χ0n) is 10.7. The van der Waals surface area contributed by atoms with E-state index in [-0.39, 0.29) is 11.5 Å². The predicted molar refractivity (Wildman–Crippen MR) is 73.1 cm³/mol. The first kappa shape index (κ1) is 13.5. The Kier molecular flexibility index (Phi) is 4.16. The molecule has 0 atom stereocenters. The average Bonchev–Trinajstić information content (AvgIpc) is 2.90. The second-order valence-corrected chi connectivity index (χ2v) is 5.12. The van der Waals surface area contributed by atoms with E-state index in [9.17, 15) is 9.18 Å². The van der Waals surface area contributed by atoms with E-state index >= 15 is 0 Å². The van der Waals surface area contributed by atoms with E-state index in [2.05, 4.69) is 0 Å². The molecule has 3 nitrogen and oxygen atoms in total. The summed E-state index contributed by atoms with van der Waals surface area (Å²) in [5, 5.41) is 1.95. The summed E-state index contributed by atoms with van der Waals surface area (Å²) in [5.41, 5.74) is 0.0554. The summed E-state index contributed by atoms with van der Waals surface area (Å²) in [6.07, 6.45) is 0. The van der Waals surface area contributed by atoms with Crippen molar-refractivity contribution in [2.45, 2.75) is 6.54 Å². The molecule has 1 heterocycles. The highest BCUT2D eigenvalue weighted by molar-refractivity contribution is 7.09. The van der Waals surface area contributed by atoms with Gasteiger partial charge in [-0.3, -0.25) is 4.79 Å². The van der Waals surface area contributed by atoms with Crippen molar-refractivity contribution in [2.24, 2.45) is 0 Å². The van der Waals surface area contributed by atoms with Crippen LogP contribution >= 0.6 is 11.3 Å². The molecule has 19 heavy (non-hydrogen) atoms. The lowest BCUT2D eigenvalue weighted by molar-refractivity contribution is 0.0781.